The number of aliphatic carboxylic acids is 1. The molecule has 0 aliphatic heterocycles. The summed E-state index contributed by atoms with van der Waals surface area (Å²) >= 11 is 0. The van der Waals surface area contributed by atoms with Gasteiger partial charge < -0.3 is 14.9 Å². The van der Waals surface area contributed by atoms with Crippen LogP contribution in [-0.2, 0) is 14.3 Å². The van der Waals surface area contributed by atoms with Crippen molar-refractivity contribution in [1.82, 2.24) is 0 Å². The van der Waals surface area contributed by atoms with E-state index >= 15 is 0 Å². The molecule has 104 valence electrons. The molecule has 0 heterocycles. The van der Waals surface area contributed by atoms with Crippen molar-refractivity contribution in [2.75, 3.05) is 7.11 Å². The number of aliphatic hydroxyl groups is 1. The van der Waals surface area contributed by atoms with Crippen molar-refractivity contribution in [1.29, 1.82) is 0 Å². The summed E-state index contributed by atoms with van der Waals surface area (Å²) in [6.07, 6.45) is 3.18. The van der Waals surface area contributed by atoms with Crippen molar-refractivity contribution in [2.24, 2.45) is 11.3 Å². The van der Waals surface area contributed by atoms with Crippen LogP contribution in [0.4, 0.5) is 0 Å². The minimum atomic E-state index is -1.48. The van der Waals surface area contributed by atoms with E-state index in [2.05, 4.69) is 0 Å². The maximum atomic E-state index is 12.0. The molecule has 0 amide bonds. The van der Waals surface area contributed by atoms with Gasteiger partial charge in [-0.2, -0.15) is 0 Å². The van der Waals surface area contributed by atoms with E-state index in [1.54, 1.807) is 6.92 Å². The number of hydrogen-bond donors (Lipinski definition) is 2. The van der Waals surface area contributed by atoms with Gasteiger partial charge in [0, 0.05) is 0 Å². The van der Waals surface area contributed by atoms with Gasteiger partial charge in [-0.25, -0.2) is 0 Å². The molecule has 5 heteroatoms. The molecule has 0 spiro atoms. The van der Waals surface area contributed by atoms with Crippen molar-refractivity contribution >= 4 is 11.9 Å². The van der Waals surface area contributed by atoms with Crippen LogP contribution < -0.4 is 0 Å². The fourth-order valence-electron chi connectivity index (χ4n) is 2.88. The third kappa shape index (κ3) is 2.83. The summed E-state index contributed by atoms with van der Waals surface area (Å²) in [5.74, 6) is -1.98. The smallest absolute Gasteiger partial charge is 0.323 e. The first-order valence-electron chi connectivity index (χ1n) is 6.45. The number of carboxylic acid groups (broad SMARTS) is 1. The van der Waals surface area contributed by atoms with Crippen LogP contribution in [0.2, 0.25) is 0 Å². The molecule has 0 radical (unpaired) electrons. The maximum absolute atomic E-state index is 12.0. The summed E-state index contributed by atoms with van der Waals surface area (Å²) in [7, 11) is 1.22. The molecule has 1 rings (SSSR count). The van der Waals surface area contributed by atoms with E-state index in [1.165, 1.54) is 7.11 Å². The van der Waals surface area contributed by atoms with E-state index in [0.29, 0.717) is 0 Å². The van der Waals surface area contributed by atoms with Crippen LogP contribution in [-0.4, -0.2) is 35.4 Å². The molecule has 2 N–H and O–H groups in total. The number of carbonyl (C=O) groups excluding carboxylic acids is 1. The summed E-state index contributed by atoms with van der Waals surface area (Å²) in [6.45, 7) is 1.60. The van der Waals surface area contributed by atoms with Crippen molar-refractivity contribution < 1.29 is 24.5 Å². The van der Waals surface area contributed by atoms with Gasteiger partial charge >= 0.3 is 11.9 Å². The molecule has 0 bridgehead atoms. The lowest BCUT2D eigenvalue weighted by Crippen LogP contribution is -2.46. The van der Waals surface area contributed by atoms with Gasteiger partial charge in [-0.05, 0) is 38.5 Å². The van der Waals surface area contributed by atoms with Crippen molar-refractivity contribution in [3.63, 3.8) is 0 Å². The van der Waals surface area contributed by atoms with Gasteiger partial charge in [0.1, 0.15) is 0 Å². The van der Waals surface area contributed by atoms with Crippen LogP contribution in [0.15, 0.2) is 0 Å². The number of aliphatic hydroxyl groups excluding tert-OH is 1. The summed E-state index contributed by atoms with van der Waals surface area (Å²) in [6, 6.07) is 0. The van der Waals surface area contributed by atoms with Crippen LogP contribution in [0.25, 0.3) is 0 Å². The molecule has 0 saturated heterocycles. The van der Waals surface area contributed by atoms with Crippen molar-refractivity contribution in [3.8, 4) is 0 Å². The third-order valence-electron chi connectivity index (χ3n) is 3.94. The Morgan fingerprint density at radius 1 is 1.39 bits per heavy atom. The molecule has 1 saturated carbocycles. The molecule has 18 heavy (non-hydrogen) atoms. The summed E-state index contributed by atoms with van der Waals surface area (Å²) in [5, 5.41) is 18.9. The minimum Gasteiger partial charge on any atom is -0.480 e. The lowest BCUT2D eigenvalue weighted by Gasteiger charge is -2.32. The fraction of sp³-hybridized carbons (Fsp3) is 0.846. The Balaban J connectivity index is 3.00. The largest absolute Gasteiger partial charge is 0.480 e. The number of carboxylic acids is 1. The number of ether oxygens (including phenoxy) is 1. The molecule has 1 aliphatic rings. The minimum absolute atomic E-state index is 0.136. The highest BCUT2D eigenvalue weighted by atomic mass is 16.5. The summed E-state index contributed by atoms with van der Waals surface area (Å²) < 4.78 is 4.72. The molecular weight excluding hydrogens is 236 g/mol. The molecular formula is C13H22O5. The zero-order valence-electron chi connectivity index (χ0n) is 11.0. The highest BCUT2D eigenvalue weighted by Crippen LogP contribution is 2.44. The second-order valence-corrected chi connectivity index (χ2v) is 5.14. The highest BCUT2D eigenvalue weighted by Gasteiger charge is 2.53. The molecule has 0 aromatic heterocycles. The molecule has 5 nitrogen and oxygen atoms in total. The molecule has 2 unspecified atom stereocenters. The first-order valence-corrected chi connectivity index (χ1v) is 6.45. The lowest BCUT2D eigenvalue weighted by atomic mass is 9.70. The molecule has 0 aromatic rings. The second-order valence-electron chi connectivity index (χ2n) is 5.14. The monoisotopic (exact) mass is 258 g/mol. The number of carbonyl (C=O) groups is 2. The summed E-state index contributed by atoms with van der Waals surface area (Å²) in [4.78, 5) is 23.6. The van der Waals surface area contributed by atoms with Crippen molar-refractivity contribution in [3.05, 3.63) is 0 Å². The topological polar surface area (TPSA) is 83.8 Å². The number of esters is 1. The zero-order valence-corrected chi connectivity index (χ0v) is 11.0. The van der Waals surface area contributed by atoms with Crippen LogP contribution in [0, 0.1) is 11.3 Å². The van der Waals surface area contributed by atoms with Gasteiger partial charge in [0.15, 0.2) is 5.41 Å². The van der Waals surface area contributed by atoms with Crippen LogP contribution in [0.5, 0.6) is 0 Å². The third-order valence-corrected chi connectivity index (χ3v) is 3.94. The molecule has 2 atom stereocenters. The second kappa shape index (κ2) is 6.18. The van der Waals surface area contributed by atoms with E-state index in [4.69, 9.17) is 4.74 Å². The van der Waals surface area contributed by atoms with Gasteiger partial charge in [-0.3, -0.25) is 9.59 Å². The van der Waals surface area contributed by atoms with Gasteiger partial charge in [0.05, 0.1) is 13.2 Å². The Bertz CT molecular complexity index is 307. The lowest BCUT2D eigenvalue weighted by molar-refractivity contribution is -0.172. The number of rotatable bonds is 6. The first-order chi connectivity index (χ1) is 8.45. The Morgan fingerprint density at radius 2 is 1.94 bits per heavy atom. The van der Waals surface area contributed by atoms with Crippen LogP contribution in [0.3, 0.4) is 0 Å². The van der Waals surface area contributed by atoms with Crippen molar-refractivity contribution in [2.45, 2.75) is 51.6 Å². The Hall–Kier alpha value is -1.10. The van der Waals surface area contributed by atoms with E-state index in [-0.39, 0.29) is 18.8 Å². The van der Waals surface area contributed by atoms with E-state index < -0.39 is 23.5 Å². The molecule has 0 aromatic carbocycles. The maximum Gasteiger partial charge on any atom is 0.323 e. The standard InChI is InChI=1S/C13H22O5/c1-9(14)7-8-13(11(15)16,12(17)18-2)10-5-3-4-6-10/h9-10,14H,3-8H2,1-2H3,(H,15,16). The van der Waals surface area contributed by atoms with Gasteiger partial charge in [0.2, 0.25) is 0 Å². The summed E-state index contributed by atoms with van der Waals surface area (Å²) in [5.41, 5.74) is -1.48. The quantitative estimate of drug-likeness (QED) is 0.558. The van der Waals surface area contributed by atoms with E-state index in [0.717, 1.165) is 25.7 Å². The van der Waals surface area contributed by atoms with Crippen LogP contribution in [0.1, 0.15) is 45.4 Å². The average molecular weight is 258 g/mol. The SMILES string of the molecule is COC(=O)C(CCC(C)O)(C(=O)O)C1CCCC1. The van der Waals surface area contributed by atoms with Crippen LogP contribution >= 0.6 is 0 Å². The number of hydrogen-bond acceptors (Lipinski definition) is 4. The average Bonchev–Trinajstić information content (AvgIpc) is 2.82. The predicted molar refractivity (Wildman–Crippen MR) is 65.0 cm³/mol. The normalized spacial score (nSPS) is 21.3. The zero-order chi connectivity index (χ0) is 13.8. The first kappa shape index (κ1) is 15.0. The van der Waals surface area contributed by atoms with Gasteiger partial charge in [-0.1, -0.05) is 12.8 Å². The highest BCUT2D eigenvalue weighted by molar-refractivity contribution is 5.99. The molecule has 1 aliphatic carbocycles. The Kier molecular flexibility index (Phi) is 5.14. The number of methoxy groups -OCH3 is 1. The van der Waals surface area contributed by atoms with Gasteiger partial charge in [-0.15, -0.1) is 0 Å². The molecule has 1 fully saturated rings. The Morgan fingerprint density at radius 3 is 2.33 bits per heavy atom. The Labute approximate surface area is 107 Å². The van der Waals surface area contributed by atoms with E-state index in [9.17, 15) is 19.8 Å². The predicted octanol–water partition coefficient (Wildman–Crippen LogP) is 1.58. The van der Waals surface area contributed by atoms with Gasteiger partial charge in [0.25, 0.3) is 0 Å². The fourth-order valence-corrected chi connectivity index (χ4v) is 2.88. The van der Waals surface area contributed by atoms with E-state index in [1.807, 2.05) is 0 Å².